The van der Waals surface area contributed by atoms with Crippen LogP contribution in [-0.2, 0) is 4.79 Å². The van der Waals surface area contributed by atoms with E-state index in [4.69, 9.17) is 11.6 Å². The number of hydrogen-bond donors (Lipinski definition) is 0. The van der Waals surface area contributed by atoms with Gasteiger partial charge in [0.05, 0.1) is 0 Å². The number of fused-ring (bicyclic) bond motifs is 3. The van der Waals surface area contributed by atoms with E-state index < -0.39 is 0 Å². The summed E-state index contributed by atoms with van der Waals surface area (Å²) < 4.78 is 1.05. The standard InChI is InChI=1S/C13H13BrClNO/c14-9-1-3-12-11(6-9)8(7-15)5-10-2-4-13(17)16(10)12/h1,3,6,8,10H,2,4-5,7H2/t8-,10-/m1/s1. The highest BCUT2D eigenvalue weighted by molar-refractivity contribution is 9.10. The third-order valence-corrected chi connectivity index (χ3v) is 4.62. The summed E-state index contributed by atoms with van der Waals surface area (Å²) in [6.07, 6.45) is 2.65. The van der Waals surface area contributed by atoms with Crippen molar-refractivity contribution in [3.63, 3.8) is 0 Å². The zero-order valence-corrected chi connectivity index (χ0v) is 11.7. The maximum atomic E-state index is 11.9. The molecule has 0 unspecified atom stereocenters. The number of carbonyl (C=O) groups excluding carboxylic acids is 1. The third-order valence-electron chi connectivity index (χ3n) is 3.76. The average molecular weight is 315 g/mol. The van der Waals surface area contributed by atoms with Gasteiger partial charge in [0, 0.05) is 34.4 Å². The molecule has 2 atom stereocenters. The maximum absolute atomic E-state index is 11.9. The van der Waals surface area contributed by atoms with Gasteiger partial charge in [0.1, 0.15) is 0 Å². The van der Waals surface area contributed by atoms with Crippen LogP contribution in [0.3, 0.4) is 0 Å². The Balaban J connectivity index is 2.12. The largest absolute Gasteiger partial charge is 0.309 e. The maximum Gasteiger partial charge on any atom is 0.227 e. The fraction of sp³-hybridized carbons (Fsp3) is 0.462. The molecule has 0 saturated carbocycles. The number of alkyl halides is 1. The minimum absolute atomic E-state index is 0.256. The van der Waals surface area contributed by atoms with Gasteiger partial charge in [-0.3, -0.25) is 4.79 Å². The number of halogens is 2. The molecule has 1 fully saturated rings. The molecule has 0 aromatic heterocycles. The van der Waals surface area contributed by atoms with Gasteiger partial charge in [0.25, 0.3) is 0 Å². The Morgan fingerprint density at radius 2 is 2.29 bits per heavy atom. The molecule has 0 N–H and O–H groups in total. The van der Waals surface area contributed by atoms with E-state index in [1.54, 1.807) is 0 Å². The first-order valence-electron chi connectivity index (χ1n) is 5.88. The van der Waals surface area contributed by atoms with Crippen LogP contribution in [0.25, 0.3) is 0 Å². The van der Waals surface area contributed by atoms with E-state index in [0.717, 1.165) is 23.0 Å². The van der Waals surface area contributed by atoms with Crippen LogP contribution >= 0.6 is 27.5 Å². The van der Waals surface area contributed by atoms with Gasteiger partial charge < -0.3 is 4.90 Å². The third kappa shape index (κ3) is 1.80. The van der Waals surface area contributed by atoms with Crippen LogP contribution in [0.5, 0.6) is 0 Å². The Kier molecular flexibility index (Phi) is 2.91. The quantitative estimate of drug-likeness (QED) is 0.724. The zero-order chi connectivity index (χ0) is 12.0. The van der Waals surface area contributed by atoms with E-state index in [1.165, 1.54) is 5.56 Å². The predicted molar refractivity (Wildman–Crippen MR) is 72.7 cm³/mol. The van der Waals surface area contributed by atoms with Gasteiger partial charge in [-0.15, -0.1) is 11.6 Å². The molecule has 1 amide bonds. The van der Waals surface area contributed by atoms with Crippen molar-refractivity contribution in [3.05, 3.63) is 28.2 Å². The summed E-state index contributed by atoms with van der Waals surface area (Å²) in [7, 11) is 0. The van der Waals surface area contributed by atoms with E-state index in [9.17, 15) is 4.79 Å². The molecular formula is C13H13BrClNO. The molecule has 1 aromatic rings. The fourth-order valence-corrected chi connectivity index (χ4v) is 3.64. The molecule has 1 aromatic carbocycles. The van der Waals surface area contributed by atoms with Gasteiger partial charge in [-0.1, -0.05) is 15.9 Å². The van der Waals surface area contributed by atoms with Crippen LogP contribution in [-0.4, -0.2) is 17.8 Å². The summed E-state index contributed by atoms with van der Waals surface area (Å²) in [5.74, 6) is 1.25. The highest BCUT2D eigenvalue weighted by Crippen LogP contribution is 2.44. The molecule has 0 spiro atoms. The van der Waals surface area contributed by atoms with Crippen molar-refractivity contribution in [3.8, 4) is 0 Å². The second-order valence-electron chi connectivity index (χ2n) is 4.75. The van der Waals surface area contributed by atoms with E-state index >= 15 is 0 Å². The Morgan fingerprint density at radius 1 is 1.47 bits per heavy atom. The molecule has 2 nitrogen and oxygen atoms in total. The molecule has 2 heterocycles. The lowest BCUT2D eigenvalue weighted by atomic mass is 9.87. The molecule has 2 aliphatic heterocycles. The van der Waals surface area contributed by atoms with Gasteiger partial charge >= 0.3 is 0 Å². The molecule has 1 saturated heterocycles. The molecule has 0 bridgehead atoms. The number of carbonyl (C=O) groups is 1. The molecular weight excluding hydrogens is 302 g/mol. The number of hydrogen-bond acceptors (Lipinski definition) is 1. The number of amides is 1. The zero-order valence-electron chi connectivity index (χ0n) is 9.33. The van der Waals surface area contributed by atoms with Crippen molar-refractivity contribution < 1.29 is 4.79 Å². The Hall–Kier alpha value is -0.540. The van der Waals surface area contributed by atoms with Crippen molar-refractivity contribution in [2.45, 2.75) is 31.2 Å². The molecule has 17 heavy (non-hydrogen) atoms. The Bertz CT molecular complexity index is 476. The van der Waals surface area contributed by atoms with E-state index in [1.807, 2.05) is 17.0 Å². The van der Waals surface area contributed by atoms with Crippen molar-refractivity contribution in [1.29, 1.82) is 0 Å². The number of anilines is 1. The normalized spacial score (nSPS) is 26.9. The van der Waals surface area contributed by atoms with Gasteiger partial charge in [-0.2, -0.15) is 0 Å². The molecule has 0 aliphatic carbocycles. The highest BCUT2D eigenvalue weighted by Gasteiger charge is 2.39. The highest BCUT2D eigenvalue weighted by atomic mass is 79.9. The Labute approximate surface area is 114 Å². The van der Waals surface area contributed by atoms with Crippen LogP contribution in [0.1, 0.15) is 30.7 Å². The van der Waals surface area contributed by atoms with Crippen LogP contribution < -0.4 is 4.90 Å². The number of rotatable bonds is 1. The molecule has 3 rings (SSSR count). The molecule has 90 valence electrons. The summed E-state index contributed by atoms with van der Waals surface area (Å²) in [6, 6.07) is 6.50. The second kappa shape index (κ2) is 4.29. The monoisotopic (exact) mass is 313 g/mol. The lowest BCUT2D eigenvalue weighted by Crippen LogP contribution is -2.38. The first-order valence-corrected chi connectivity index (χ1v) is 7.21. The first-order chi connectivity index (χ1) is 8.20. The van der Waals surface area contributed by atoms with Crippen molar-refractivity contribution in [2.24, 2.45) is 0 Å². The van der Waals surface area contributed by atoms with E-state index in [-0.39, 0.29) is 5.91 Å². The minimum Gasteiger partial charge on any atom is -0.309 e. The van der Waals surface area contributed by atoms with Gasteiger partial charge in [-0.25, -0.2) is 0 Å². The Morgan fingerprint density at radius 3 is 3.06 bits per heavy atom. The number of benzene rings is 1. The minimum atomic E-state index is 0.256. The van der Waals surface area contributed by atoms with Crippen molar-refractivity contribution >= 4 is 39.1 Å². The SMILES string of the molecule is O=C1CC[C@@H]2C[C@H](CCl)c3cc(Br)ccc3N12. The van der Waals surface area contributed by atoms with Crippen LogP contribution in [0.2, 0.25) is 0 Å². The molecule has 0 radical (unpaired) electrons. The lowest BCUT2D eigenvalue weighted by Gasteiger charge is -2.36. The van der Waals surface area contributed by atoms with Crippen molar-refractivity contribution in [1.82, 2.24) is 0 Å². The second-order valence-corrected chi connectivity index (χ2v) is 5.97. The first kappa shape index (κ1) is 11.5. The topological polar surface area (TPSA) is 20.3 Å². The van der Waals surface area contributed by atoms with Crippen LogP contribution in [0.15, 0.2) is 22.7 Å². The molecule has 4 heteroatoms. The van der Waals surface area contributed by atoms with Gasteiger partial charge in [0.15, 0.2) is 0 Å². The fourth-order valence-electron chi connectivity index (χ4n) is 2.97. The number of nitrogens with zero attached hydrogens (tertiary/aromatic N) is 1. The van der Waals surface area contributed by atoms with E-state index in [2.05, 4.69) is 22.0 Å². The average Bonchev–Trinajstić information content (AvgIpc) is 2.70. The smallest absolute Gasteiger partial charge is 0.227 e. The van der Waals surface area contributed by atoms with Gasteiger partial charge in [-0.05, 0) is 36.6 Å². The predicted octanol–water partition coefficient (Wildman–Crippen LogP) is 3.67. The summed E-state index contributed by atoms with van der Waals surface area (Å²) in [5.41, 5.74) is 2.28. The lowest BCUT2D eigenvalue weighted by molar-refractivity contribution is -0.117. The summed E-state index contributed by atoms with van der Waals surface area (Å²) >= 11 is 9.56. The van der Waals surface area contributed by atoms with Crippen LogP contribution in [0, 0.1) is 0 Å². The van der Waals surface area contributed by atoms with Crippen molar-refractivity contribution in [2.75, 3.05) is 10.8 Å². The van der Waals surface area contributed by atoms with Gasteiger partial charge in [0.2, 0.25) is 5.91 Å². The summed E-state index contributed by atoms with van der Waals surface area (Å²) in [5, 5.41) is 0. The van der Waals surface area contributed by atoms with E-state index in [0.29, 0.717) is 24.3 Å². The molecule has 2 aliphatic rings. The summed E-state index contributed by atoms with van der Waals surface area (Å²) in [4.78, 5) is 13.9. The van der Waals surface area contributed by atoms with Crippen LogP contribution in [0.4, 0.5) is 5.69 Å². The summed E-state index contributed by atoms with van der Waals surface area (Å²) in [6.45, 7) is 0.